The summed E-state index contributed by atoms with van der Waals surface area (Å²) in [6.45, 7) is 7.82. The molecule has 1 aromatic heterocycles. The predicted octanol–water partition coefficient (Wildman–Crippen LogP) is 3.03. The maximum absolute atomic E-state index is 12.3. The van der Waals surface area contributed by atoms with Crippen molar-refractivity contribution in [1.82, 2.24) is 9.88 Å². The van der Waals surface area contributed by atoms with E-state index in [1.54, 1.807) is 4.90 Å². The van der Waals surface area contributed by atoms with Gasteiger partial charge in [0.15, 0.2) is 11.7 Å². The van der Waals surface area contributed by atoms with Crippen molar-refractivity contribution in [3.8, 4) is 17.0 Å². The van der Waals surface area contributed by atoms with Crippen LogP contribution in [0.5, 0.6) is 5.75 Å². The Morgan fingerprint density at radius 2 is 1.96 bits per heavy atom. The Balaban J connectivity index is 1.68. The predicted molar refractivity (Wildman–Crippen MR) is 109 cm³/mol. The van der Waals surface area contributed by atoms with Crippen LogP contribution < -0.4 is 10.1 Å². The highest BCUT2D eigenvalue weighted by atomic mass is 32.1. The first-order chi connectivity index (χ1) is 13.3. The van der Waals surface area contributed by atoms with Crippen molar-refractivity contribution in [2.24, 2.45) is 5.41 Å². The van der Waals surface area contributed by atoms with Gasteiger partial charge in [-0.15, -0.1) is 11.3 Å². The first kappa shape index (κ1) is 20.3. The lowest BCUT2D eigenvalue weighted by Crippen LogP contribution is -2.43. The van der Waals surface area contributed by atoms with Gasteiger partial charge in [0.2, 0.25) is 5.91 Å². The van der Waals surface area contributed by atoms with Crippen LogP contribution in [-0.4, -0.2) is 54.6 Å². The normalized spacial score (nSPS) is 14.6. The maximum atomic E-state index is 12.3. The summed E-state index contributed by atoms with van der Waals surface area (Å²) in [6, 6.07) is 7.44. The SMILES string of the molecule is CC(C)(C)C(=O)Nc1nc(-c2ccccc2OCC(=O)N2CCOCC2)cs1. The molecule has 0 bridgehead atoms. The summed E-state index contributed by atoms with van der Waals surface area (Å²) in [4.78, 5) is 30.7. The number of anilines is 1. The highest BCUT2D eigenvalue weighted by molar-refractivity contribution is 7.14. The van der Waals surface area contributed by atoms with Crippen molar-refractivity contribution in [1.29, 1.82) is 0 Å². The molecule has 1 saturated heterocycles. The Hall–Kier alpha value is -2.45. The van der Waals surface area contributed by atoms with Gasteiger partial charge in [-0.1, -0.05) is 32.9 Å². The number of rotatable bonds is 5. The van der Waals surface area contributed by atoms with Crippen LogP contribution in [-0.2, 0) is 14.3 Å². The van der Waals surface area contributed by atoms with Gasteiger partial charge in [0, 0.05) is 29.4 Å². The molecule has 0 saturated carbocycles. The molecular formula is C20H25N3O4S. The topological polar surface area (TPSA) is 80.8 Å². The summed E-state index contributed by atoms with van der Waals surface area (Å²) >= 11 is 1.36. The third-order valence-corrected chi connectivity index (χ3v) is 5.04. The standard InChI is InChI=1S/C20H25N3O4S/c1-20(2,3)18(25)22-19-21-15(13-28-19)14-6-4-5-7-16(14)27-12-17(24)23-8-10-26-11-9-23/h4-7,13H,8-12H2,1-3H3,(H,21,22,25). The number of benzene rings is 1. The number of para-hydroxylation sites is 1. The van der Waals surface area contributed by atoms with Gasteiger partial charge in [-0.2, -0.15) is 0 Å². The number of nitrogens with zero attached hydrogens (tertiary/aromatic N) is 2. The molecule has 0 spiro atoms. The molecular weight excluding hydrogens is 378 g/mol. The van der Waals surface area contributed by atoms with E-state index >= 15 is 0 Å². The number of carbonyl (C=O) groups is 2. The lowest BCUT2D eigenvalue weighted by Gasteiger charge is -2.26. The van der Waals surface area contributed by atoms with E-state index in [4.69, 9.17) is 9.47 Å². The molecule has 28 heavy (non-hydrogen) atoms. The summed E-state index contributed by atoms with van der Waals surface area (Å²) in [5.41, 5.74) is 0.987. The molecule has 2 aromatic rings. The fourth-order valence-corrected chi connectivity index (χ4v) is 3.29. The molecule has 0 unspecified atom stereocenters. The van der Waals surface area contributed by atoms with Gasteiger partial charge in [-0.25, -0.2) is 4.98 Å². The minimum Gasteiger partial charge on any atom is -0.483 e. The molecule has 2 amide bonds. The third-order valence-electron chi connectivity index (χ3n) is 4.28. The van der Waals surface area contributed by atoms with Crippen LogP contribution >= 0.6 is 11.3 Å². The van der Waals surface area contributed by atoms with Crippen LogP contribution in [0.3, 0.4) is 0 Å². The van der Waals surface area contributed by atoms with E-state index < -0.39 is 5.41 Å². The molecule has 1 aromatic carbocycles. The first-order valence-electron chi connectivity index (χ1n) is 9.19. The van der Waals surface area contributed by atoms with Crippen molar-refractivity contribution in [2.45, 2.75) is 20.8 Å². The second-order valence-electron chi connectivity index (χ2n) is 7.52. The molecule has 8 heteroatoms. The number of nitrogens with one attached hydrogen (secondary N) is 1. The number of hydrogen-bond donors (Lipinski definition) is 1. The second-order valence-corrected chi connectivity index (χ2v) is 8.38. The number of carbonyl (C=O) groups excluding carboxylic acids is 2. The third kappa shape index (κ3) is 5.08. The zero-order valence-corrected chi connectivity index (χ0v) is 17.2. The molecule has 7 nitrogen and oxygen atoms in total. The van der Waals surface area contributed by atoms with Crippen LogP contribution in [0.4, 0.5) is 5.13 Å². The number of ether oxygens (including phenoxy) is 2. The molecule has 1 aliphatic rings. The van der Waals surface area contributed by atoms with Gasteiger partial charge in [-0.05, 0) is 12.1 Å². The zero-order chi connectivity index (χ0) is 20.1. The quantitative estimate of drug-likeness (QED) is 0.830. The molecule has 3 rings (SSSR count). The van der Waals surface area contributed by atoms with E-state index in [2.05, 4.69) is 10.3 Å². The Labute approximate surface area is 168 Å². The Morgan fingerprint density at radius 3 is 2.68 bits per heavy atom. The van der Waals surface area contributed by atoms with Crippen molar-refractivity contribution < 1.29 is 19.1 Å². The number of aromatic nitrogens is 1. The van der Waals surface area contributed by atoms with Crippen molar-refractivity contribution in [2.75, 3.05) is 38.2 Å². The molecule has 0 radical (unpaired) electrons. The van der Waals surface area contributed by atoms with Crippen LogP contribution in [0.2, 0.25) is 0 Å². The maximum Gasteiger partial charge on any atom is 0.260 e. The molecule has 0 atom stereocenters. The average molecular weight is 404 g/mol. The van der Waals surface area contributed by atoms with Gasteiger partial charge in [-0.3, -0.25) is 9.59 Å². The summed E-state index contributed by atoms with van der Waals surface area (Å²) < 4.78 is 11.1. The van der Waals surface area contributed by atoms with E-state index in [1.165, 1.54) is 11.3 Å². The number of morpholine rings is 1. The summed E-state index contributed by atoms with van der Waals surface area (Å²) in [5, 5.41) is 5.24. The zero-order valence-electron chi connectivity index (χ0n) is 16.4. The molecule has 0 aliphatic carbocycles. The lowest BCUT2D eigenvalue weighted by molar-refractivity contribution is -0.137. The van der Waals surface area contributed by atoms with Crippen molar-refractivity contribution >= 4 is 28.3 Å². The summed E-state index contributed by atoms with van der Waals surface area (Å²) in [7, 11) is 0. The van der Waals surface area contributed by atoms with Gasteiger partial charge in [0.1, 0.15) is 5.75 Å². The van der Waals surface area contributed by atoms with Gasteiger partial charge in [0.25, 0.3) is 5.91 Å². The van der Waals surface area contributed by atoms with Crippen molar-refractivity contribution in [3.63, 3.8) is 0 Å². The van der Waals surface area contributed by atoms with Gasteiger partial charge < -0.3 is 19.7 Å². The van der Waals surface area contributed by atoms with Crippen LogP contribution in [0, 0.1) is 5.41 Å². The van der Waals surface area contributed by atoms with Gasteiger partial charge in [0.05, 0.1) is 18.9 Å². The van der Waals surface area contributed by atoms with Gasteiger partial charge >= 0.3 is 0 Å². The van der Waals surface area contributed by atoms with E-state index in [9.17, 15) is 9.59 Å². The minimum atomic E-state index is -0.493. The van der Waals surface area contributed by atoms with E-state index in [0.717, 1.165) is 5.56 Å². The summed E-state index contributed by atoms with van der Waals surface area (Å²) in [6.07, 6.45) is 0. The Bertz CT molecular complexity index is 838. The molecule has 150 valence electrons. The molecule has 1 aliphatic heterocycles. The second kappa shape index (κ2) is 8.70. The number of thiazole rings is 1. The monoisotopic (exact) mass is 403 g/mol. The highest BCUT2D eigenvalue weighted by Gasteiger charge is 2.23. The minimum absolute atomic E-state index is 0.0330. The molecule has 2 heterocycles. The Morgan fingerprint density at radius 1 is 1.25 bits per heavy atom. The van der Waals surface area contributed by atoms with Crippen LogP contribution in [0.1, 0.15) is 20.8 Å². The summed E-state index contributed by atoms with van der Waals surface area (Å²) in [5.74, 6) is 0.437. The number of hydrogen-bond acceptors (Lipinski definition) is 6. The lowest BCUT2D eigenvalue weighted by atomic mass is 9.96. The Kier molecular flexibility index (Phi) is 6.31. The first-order valence-corrected chi connectivity index (χ1v) is 10.1. The number of amides is 2. The van der Waals surface area contributed by atoms with Crippen LogP contribution in [0.25, 0.3) is 11.3 Å². The van der Waals surface area contributed by atoms with Crippen LogP contribution in [0.15, 0.2) is 29.6 Å². The fourth-order valence-electron chi connectivity index (χ4n) is 2.59. The largest absolute Gasteiger partial charge is 0.483 e. The van der Waals surface area contributed by atoms with Crippen molar-refractivity contribution in [3.05, 3.63) is 29.6 Å². The van der Waals surface area contributed by atoms with E-state index in [-0.39, 0.29) is 18.4 Å². The molecule has 1 fully saturated rings. The highest BCUT2D eigenvalue weighted by Crippen LogP contribution is 2.32. The van der Waals surface area contributed by atoms with E-state index in [1.807, 2.05) is 50.4 Å². The van der Waals surface area contributed by atoms with E-state index in [0.29, 0.717) is 42.9 Å². The molecule has 1 N–H and O–H groups in total. The average Bonchev–Trinajstić information content (AvgIpc) is 3.14. The fraction of sp³-hybridized carbons (Fsp3) is 0.450. The smallest absolute Gasteiger partial charge is 0.260 e.